The number of hydrogen-bond donors (Lipinski definition) is 6. The van der Waals surface area contributed by atoms with Crippen LogP contribution in [0.5, 0.6) is 11.5 Å². The highest BCUT2D eigenvalue weighted by molar-refractivity contribution is 6.13. The van der Waals surface area contributed by atoms with Crippen molar-refractivity contribution in [3.63, 3.8) is 0 Å². The molecule has 7 N–H and O–H groups in total. The van der Waals surface area contributed by atoms with Crippen molar-refractivity contribution in [2.24, 2.45) is 5.73 Å². The number of nitrogens with two attached hydrogens (primary N) is 1. The SMILES string of the molecule is CCOC(=O)Nc1c(C(=O)N[C@H]2CC[C@H](N)CC2)n(Cc2ccc(Oc3ccccc3)cc2)c2cc(C(=N)NO)ccc12. The summed E-state index contributed by atoms with van der Waals surface area (Å²) in [4.78, 5) is 26.7. The summed E-state index contributed by atoms with van der Waals surface area (Å²) in [7, 11) is 0. The number of benzene rings is 3. The first kappa shape index (κ1) is 29.6. The molecule has 0 aliphatic heterocycles. The van der Waals surface area contributed by atoms with Crippen molar-refractivity contribution in [3.8, 4) is 11.5 Å². The number of aromatic nitrogens is 1. The van der Waals surface area contributed by atoms with Crippen molar-refractivity contribution in [2.75, 3.05) is 11.9 Å². The molecule has 1 aliphatic carbocycles. The zero-order chi connectivity index (χ0) is 30.3. The van der Waals surface area contributed by atoms with Gasteiger partial charge in [-0.1, -0.05) is 36.4 Å². The Kier molecular flexibility index (Phi) is 9.23. The van der Waals surface area contributed by atoms with E-state index in [4.69, 9.17) is 20.6 Å². The first-order valence-corrected chi connectivity index (χ1v) is 14.3. The molecule has 1 saturated carbocycles. The molecule has 0 spiro atoms. The molecule has 4 aromatic rings. The molecule has 11 heteroatoms. The number of hydrogen-bond acceptors (Lipinski definition) is 7. The highest BCUT2D eigenvalue weighted by atomic mass is 16.5. The maximum absolute atomic E-state index is 14.0. The number of rotatable bonds is 9. The largest absolute Gasteiger partial charge is 0.457 e. The third kappa shape index (κ3) is 6.96. The molecule has 0 bridgehead atoms. The molecule has 2 amide bonds. The normalized spacial score (nSPS) is 16.3. The Bertz CT molecular complexity index is 1590. The van der Waals surface area contributed by atoms with Gasteiger partial charge in [0.1, 0.15) is 23.0 Å². The smallest absolute Gasteiger partial charge is 0.411 e. The average molecular weight is 585 g/mol. The summed E-state index contributed by atoms with van der Waals surface area (Å²) in [5.41, 5.74) is 10.4. The molecule has 1 aromatic heterocycles. The highest BCUT2D eigenvalue weighted by Crippen LogP contribution is 2.34. The van der Waals surface area contributed by atoms with Crippen LogP contribution in [0.4, 0.5) is 10.5 Å². The molecule has 5 rings (SSSR count). The van der Waals surface area contributed by atoms with Gasteiger partial charge in [-0.05, 0) is 74.6 Å². The lowest BCUT2D eigenvalue weighted by Gasteiger charge is -2.27. The topological polar surface area (TPSA) is 164 Å². The van der Waals surface area contributed by atoms with Crippen molar-refractivity contribution in [1.82, 2.24) is 15.4 Å². The van der Waals surface area contributed by atoms with Gasteiger partial charge in [-0.2, -0.15) is 0 Å². The zero-order valence-electron chi connectivity index (χ0n) is 23.9. The van der Waals surface area contributed by atoms with E-state index in [-0.39, 0.29) is 42.7 Å². The number of amides is 2. The minimum absolute atomic E-state index is 0.0500. The second kappa shape index (κ2) is 13.4. The molecule has 1 aliphatic rings. The van der Waals surface area contributed by atoms with E-state index in [2.05, 4.69) is 10.6 Å². The number of carbonyl (C=O) groups is 2. The maximum atomic E-state index is 14.0. The third-order valence-electron chi connectivity index (χ3n) is 7.53. The number of carbonyl (C=O) groups excluding carboxylic acids is 2. The standard InChI is InChI=1S/C32H36N6O5/c1-2-42-32(40)36-28-26-17-10-21(30(34)37-41)18-27(26)38(29(28)31(39)35-23-13-11-22(33)12-14-23)19-20-8-15-25(16-9-20)43-24-6-4-3-5-7-24/h3-10,15-18,22-23,41H,2,11-14,19,33H2,1H3,(H2,34,37)(H,35,39)(H,36,40)/t22-,23-. The minimum atomic E-state index is -0.685. The van der Waals surface area contributed by atoms with E-state index in [0.717, 1.165) is 37.0 Å². The Morgan fingerprint density at radius 2 is 1.70 bits per heavy atom. The van der Waals surface area contributed by atoms with E-state index >= 15 is 0 Å². The fraction of sp³-hybridized carbons (Fsp3) is 0.281. The summed E-state index contributed by atoms with van der Waals surface area (Å²) in [5, 5.41) is 24.0. The molecule has 224 valence electrons. The van der Waals surface area contributed by atoms with E-state index in [0.29, 0.717) is 27.9 Å². The van der Waals surface area contributed by atoms with Gasteiger partial charge in [-0.3, -0.25) is 26.2 Å². The van der Waals surface area contributed by atoms with Gasteiger partial charge in [0.05, 0.1) is 17.8 Å². The first-order chi connectivity index (χ1) is 20.9. The van der Waals surface area contributed by atoms with E-state index in [1.54, 1.807) is 25.1 Å². The fourth-order valence-electron chi connectivity index (χ4n) is 5.35. The van der Waals surface area contributed by atoms with Crippen LogP contribution in [0.3, 0.4) is 0 Å². The van der Waals surface area contributed by atoms with Crippen LogP contribution in [0.1, 0.15) is 54.2 Å². The summed E-state index contributed by atoms with van der Waals surface area (Å²) in [6, 6.07) is 22.1. The third-order valence-corrected chi connectivity index (χ3v) is 7.53. The average Bonchev–Trinajstić information content (AvgIpc) is 3.31. The number of fused-ring (bicyclic) bond motifs is 1. The monoisotopic (exact) mass is 584 g/mol. The second-order valence-electron chi connectivity index (χ2n) is 10.5. The van der Waals surface area contributed by atoms with E-state index in [1.807, 2.05) is 64.6 Å². The molecule has 1 fully saturated rings. The zero-order valence-corrected chi connectivity index (χ0v) is 23.9. The first-order valence-electron chi connectivity index (χ1n) is 14.3. The highest BCUT2D eigenvalue weighted by Gasteiger charge is 2.28. The Morgan fingerprint density at radius 1 is 1.00 bits per heavy atom. The van der Waals surface area contributed by atoms with Gasteiger partial charge in [0.25, 0.3) is 5.91 Å². The van der Waals surface area contributed by atoms with E-state index in [9.17, 15) is 14.8 Å². The molecule has 0 saturated heterocycles. The number of hydroxylamine groups is 1. The van der Waals surface area contributed by atoms with Crippen molar-refractivity contribution in [3.05, 3.63) is 89.6 Å². The fourth-order valence-corrected chi connectivity index (χ4v) is 5.35. The van der Waals surface area contributed by atoms with Crippen molar-refractivity contribution in [1.29, 1.82) is 5.41 Å². The lowest BCUT2D eigenvalue weighted by atomic mass is 9.92. The number of nitrogens with zero attached hydrogens (tertiary/aromatic N) is 1. The van der Waals surface area contributed by atoms with E-state index < -0.39 is 6.09 Å². The quantitative estimate of drug-likeness (QED) is 0.0876. The van der Waals surface area contributed by atoms with Gasteiger partial charge in [0.2, 0.25) is 0 Å². The summed E-state index contributed by atoms with van der Waals surface area (Å²) < 4.78 is 12.9. The molecule has 43 heavy (non-hydrogen) atoms. The van der Waals surface area contributed by atoms with Gasteiger partial charge in [-0.25, -0.2) is 4.79 Å². The van der Waals surface area contributed by atoms with Gasteiger partial charge in [0, 0.05) is 29.6 Å². The van der Waals surface area contributed by atoms with Crippen LogP contribution in [0, 0.1) is 5.41 Å². The number of ether oxygens (including phenoxy) is 2. The Morgan fingerprint density at radius 3 is 2.37 bits per heavy atom. The predicted octanol–water partition coefficient (Wildman–Crippen LogP) is 5.35. The van der Waals surface area contributed by atoms with Crippen LogP contribution >= 0.6 is 0 Å². The summed E-state index contributed by atoms with van der Waals surface area (Å²) >= 11 is 0. The van der Waals surface area contributed by atoms with Crippen molar-refractivity contribution in [2.45, 2.75) is 51.2 Å². The molecular formula is C32H36N6O5. The molecule has 3 aromatic carbocycles. The maximum Gasteiger partial charge on any atom is 0.411 e. The Balaban J connectivity index is 1.56. The predicted molar refractivity (Wildman–Crippen MR) is 164 cm³/mol. The Labute approximate surface area is 249 Å². The Hall–Kier alpha value is -4.87. The van der Waals surface area contributed by atoms with Crippen LogP contribution in [0.15, 0.2) is 72.8 Å². The summed E-state index contributed by atoms with van der Waals surface area (Å²) in [6.07, 6.45) is 2.48. The van der Waals surface area contributed by atoms with Crippen LogP contribution in [-0.4, -0.2) is 46.3 Å². The molecule has 0 radical (unpaired) electrons. The summed E-state index contributed by atoms with van der Waals surface area (Å²) in [5.74, 6) is 0.831. The number of para-hydroxylation sites is 1. The van der Waals surface area contributed by atoms with Gasteiger partial charge >= 0.3 is 6.09 Å². The lowest BCUT2D eigenvalue weighted by Crippen LogP contribution is -2.41. The number of amidine groups is 1. The van der Waals surface area contributed by atoms with Gasteiger partial charge in [0.15, 0.2) is 0 Å². The van der Waals surface area contributed by atoms with Gasteiger partial charge in [-0.15, -0.1) is 0 Å². The van der Waals surface area contributed by atoms with Crippen LogP contribution in [-0.2, 0) is 11.3 Å². The molecular weight excluding hydrogens is 548 g/mol. The van der Waals surface area contributed by atoms with Crippen LogP contribution < -0.4 is 26.6 Å². The molecule has 1 heterocycles. The van der Waals surface area contributed by atoms with Gasteiger partial charge < -0.3 is 25.1 Å². The second-order valence-corrected chi connectivity index (χ2v) is 10.5. The number of anilines is 1. The minimum Gasteiger partial charge on any atom is -0.457 e. The summed E-state index contributed by atoms with van der Waals surface area (Å²) in [6.45, 7) is 2.14. The lowest BCUT2D eigenvalue weighted by molar-refractivity contribution is 0.0918. The number of nitrogens with one attached hydrogen (secondary N) is 4. The van der Waals surface area contributed by atoms with Crippen LogP contribution in [0.25, 0.3) is 10.9 Å². The molecule has 0 atom stereocenters. The molecule has 0 unspecified atom stereocenters. The van der Waals surface area contributed by atoms with Crippen LogP contribution in [0.2, 0.25) is 0 Å². The van der Waals surface area contributed by atoms with Crippen molar-refractivity contribution >= 4 is 34.4 Å². The molecule has 11 nitrogen and oxygen atoms in total. The van der Waals surface area contributed by atoms with Crippen molar-refractivity contribution < 1.29 is 24.3 Å². The van der Waals surface area contributed by atoms with E-state index in [1.165, 1.54) is 0 Å².